The summed E-state index contributed by atoms with van der Waals surface area (Å²) in [5.74, 6) is -0.147. The number of rotatable bonds is 7. The summed E-state index contributed by atoms with van der Waals surface area (Å²) in [5, 5.41) is 0. The SMILES string of the molecule is C#C.O.O.O.O.O=C(CN1CCC(OC(c2ccccc2)c2ccccc2)CC1)OC1CCOC1. The Hall–Kier alpha value is -2.81. The van der Waals surface area contributed by atoms with E-state index in [0.717, 1.165) is 32.4 Å². The van der Waals surface area contributed by atoms with Crippen molar-refractivity contribution < 1.29 is 40.9 Å². The van der Waals surface area contributed by atoms with Crippen molar-refractivity contribution in [1.82, 2.24) is 4.90 Å². The fourth-order valence-corrected chi connectivity index (χ4v) is 4.01. The lowest BCUT2D eigenvalue weighted by Crippen LogP contribution is -2.41. The van der Waals surface area contributed by atoms with Crippen molar-refractivity contribution in [2.45, 2.75) is 37.6 Å². The maximum absolute atomic E-state index is 12.1. The Labute approximate surface area is 207 Å². The molecular weight excluding hydrogens is 454 g/mol. The van der Waals surface area contributed by atoms with Gasteiger partial charge in [0.05, 0.1) is 25.9 Å². The molecule has 2 aliphatic heterocycles. The summed E-state index contributed by atoms with van der Waals surface area (Å²) < 4.78 is 17.3. The molecule has 2 aliphatic rings. The number of piperidine rings is 1. The van der Waals surface area contributed by atoms with E-state index in [-0.39, 0.29) is 46.2 Å². The van der Waals surface area contributed by atoms with Gasteiger partial charge in [-0.25, -0.2) is 0 Å². The van der Waals surface area contributed by atoms with Gasteiger partial charge in [-0.05, 0) is 24.0 Å². The molecule has 0 radical (unpaired) electrons. The van der Waals surface area contributed by atoms with Crippen molar-refractivity contribution >= 4 is 5.97 Å². The molecule has 8 N–H and O–H groups in total. The third kappa shape index (κ3) is 10.5. The molecule has 2 fully saturated rings. The van der Waals surface area contributed by atoms with Crippen LogP contribution >= 0.6 is 0 Å². The predicted octanol–water partition coefficient (Wildman–Crippen LogP) is 0.540. The maximum Gasteiger partial charge on any atom is 0.320 e. The van der Waals surface area contributed by atoms with Crippen molar-refractivity contribution in [3.05, 3.63) is 71.8 Å². The number of nitrogens with zero attached hydrogens (tertiary/aromatic N) is 1. The summed E-state index contributed by atoms with van der Waals surface area (Å²) in [4.78, 5) is 14.3. The highest BCUT2D eigenvalue weighted by molar-refractivity contribution is 5.71. The van der Waals surface area contributed by atoms with Crippen LogP contribution in [0.25, 0.3) is 0 Å². The zero-order chi connectivity index (χ0) is 21.9. The predicted molar refractivity (Wildman–Crippen MR) is 135 cm³/mol. The van der Waals surface area contributed by atoms with Crippen LogP contribution in [0.15, 0.2) is 60.7 Å². The van der Waals surface area contributed by atoms with Crippen LogP contribution in [-0.2, 0) is 19.0 Å². The molecule has 4 rings (SSSR count). The molecule has 0 aromatic heterocycles. The van der Waals surface area contributed by atoms with Gasteiger partial charge in [0.25, 0.3) is 0 Å². The lowest BCUT2D eigenvalue weighted by molar-refractivity contribution is -0.151. The fourth-order valence-electron chi connectivity index (χ4n) is 4.01. The van der Waals surface area contributed by atoms with E-state index in [2.05, 4.69) is 66.3 Å². The Bertz CT molecular complexity index is 764. The number of terminal acetylenes is 1. The number of carbonyl (C=O) groups excluding carboxylic acids is 1. The van der Waals surface area contributed by atoms with Gasteiger partial charge in [-0.2, -0.15) is 0 Å². The van der Waals surface area contributed by atoms with Crippen LogP contribution in [0, 0.1) is 12.8 Å². The minimum Gasteiger partial charge on any atom is -0.459 e. The largest absolute Gasteiger partial charge is 0.459 e. The number of likely N-dealkylation sites (tertiary alicyclic amines) is 1. The average molecular weight is 494 g/mol. The van der Waals surface area contributed by atoms with Gasteiger partial charge in [-0.1, -0.05) is 60.7 Å². The molecule has 0 bridgehead atoms. The second-order valence-electron chi connectivity index (χ2n) is 7.79. The summed E-state index contributed by atoms with van der Waals surface area (Å²) in [6.45, 7) is 3.26. The van der Waals surface area contributed by atoms with E-state index in [1.165, 1.54) is 11.1 Å². The van der Waals surface area contributed by atoms with Gasteiger partial charge in [0, 0.05) is 19.5 Å². The zero-order valence-electron chi connectivity index (χ0n) is 19.9. The van der Waals surface area contributed by atoms with E-state index in [1.807, 2.05) is 12.1 Å². The standard InChI is InChI=1S/C24H29NO4.C2H2.4H2O/c26-23(28-22-13-16-27-18-22)17-25-14-11-21(12-15-25)29-24(19-7-3-1-4-8-19)20-9-5-2-6-10-20;1-2;;;;/h1-10,21-22,24H,11-18H2;1-2H;4*1H2. The normalized spacial score (nSPS) is 17.3. The quantitative estimate of drug-likeness (QED) is 0.403. The second kappa shape index (κ2) is 18.5. The van der Waals surface area contributed by atoms with Crippen LogP contribution < -0.4 is 0 Å². The highest BCUT2D eigenvalue weighted by Gasteiger charge is 2.27. The molecule has 196 valence electrons. The van der Waals surface area contributed by atoms with Crippen molar-refractivity contribution in [3.8, 4) is 12.8 Å². The van der Waals surface area contributed by atoms with E-state index < -0.39 is 0 Å². The molecule has 2 aromatic rings. The summed E-state index contributed by atoms with van der Waals surface area (Å²) in [6, 6.07) is 20.8. The van der Waals surface area contributed by atoms with Crippen LogP contribution in [0.1, 0.15) is 36.5 Å². The van der Waals surface area contributed by atoms with E-state index >= 15 is 0 Å². The zero-order valence-corrected chi connectivity index (χ0v) is 19.9. The Morgan fingerprint density at radius 1 is 0.857 bits per heavy atom. The van der Waals surface area contributed by atoms with Gasteiger partial charge >= 0.3 is 5.97 Å². The minimum absolute atomic E-state index is 0. The highest BCUT2D eigenvalue weighted by atomic mass is 16.6. The molecule has 2 saturated heterocycles. The van der Waals surface area contributed by atoms with Crippen LogP contribution in [-0.4, -0.2) is 77.8 Å². The highest BCUT2D eigenvalue weighted by Crippen LogP contribution is 2.30. The molecule has 1 unspecified atom stereocenters. The van der Waals surface area contributed by atoms with Gasteiger partial charge in [-0.3, -0.25) is 9.69 Å². The van der Waals surface area contributed by atoms with Crippen LogP contribution in [0.4, 0.5) is 0 Å². The summed E-state index contributed by atoms with van der Waals surface area (Å²) >= 11 is 0. The lowest BCUT2D eigenvalue weighted by Gasteiger charge is -2.33. The molecule has 9 heteroatoms. The lowest BCUT2D eigenvalue weighted by atomic mass is 10.00. The molecule has 0 saturated carbocycles. The summed E-state index contributed by atoms with van der Waals surface area (Å²) in [7, 11) is 0. The monoisotopic (exact) mass is 493 g/mol. The second-order valence-corrected chi connectivity index (χ2v) is 7.79. The Morgan fingerprint density at radius 3 is 1.83 bits per heavy atom. The maximum atomic E-state index is 12.1. The van der Waals surface area contributed by atoms with Crippen molar-refractivity contribution in [2.24, 2.45) is 0 Å². The molecule has 2 aromatic carbocycles. The van der Waals surface area contributed by atoms with E-state index in [4.69, 9.17) is 14.2 Å². The first-order valence-corrected chi connectivity index (χ1v) is 10.9. The molecule has 9 nitrogen and oxygen atoms in total. The van der Waals surface area contributed by atoms with Gasteiger partial charge < -0.3 is 36.1 Å². The minimum atomic E-state index is -0.147. The number of hydrogen-bond acceptors (Lipinski definition) is 5. The molecule has 0 spiro atoms. The van der Waals surface area contributed by atoms with Crippen LogP contribution in [0.3, 0.4) is 0 Å². The smallest absolute Gasteiger partial charge is 0.320 e. The summed E-state index contributed by atoms with van der Waals surface area (Å²) in [5.41, 5.74) is 2.34. The van der Waals surface area contributed by atoms with E-state index in [1.54, 1.807) is 0 Å². The summed E-state index contributed by atoms with van der Waals surface area (Å²) in [6.07, 6.45) is 10.7. The molecule has 1 atom stereocenters. The molecular formula is C26H39NO8. The van der Waals surface area contributed by atoms with Gasteiger partial charge in [-0.15, -0.1) is 12.8 Å². The number of benzene rings is 2. The third-order valence-corrected chi connectivity index (χ3v) is 5.61. The van der Waals surface area contributed by atoms with Crippen LogP contribution in [0.2, 0.25) is 0 Å². The number of ether oxygens (including phenoxy) is 3. The van der Waals surface area contributed by atoms with Crippen LogP contribution in [0.5, 0.6) is 0 Å². The third-order valence-electron chi connectivity index (χ3n) is 5.61. The number of carbonyl (C=O) groups is 1. The topological polar surface area (TPSA) is 174 Å². The first-order chi connectivity index (χ1) is 15.3. The molecule has 35 heavy (non-hydrogen) atoms. The molecule has 0 aliphatic carbocycles. The Kier molecular flexibility index (Phi) is 18.2. The van der Waals surface area contributed by atoms with Crippen molar-refractivity contribution in [2.75, 3.05) is 32.8 Å². The van der Waals surface area contributed by atoms with E-state index in [0.29, 0.717) is 19.8 Å². The van der Waals surface area contributed by atoms with Gasteiger partial charge in [0.2, 0.25) is 0 Å². The number of esters is 1. The van der Waals surface area contributed by atoms with Gasteiger partial charge in [0.1, 0.15) is 12.2 Å². The number of hydrogen-bond donors (Lipinski definition) is 0. The van der Waals surface area contributed by atoms with E-state index in [9.17, 15) is 4.79 Å². The fraction of sp³-hybridized carbons (Fsp3) is 0.423. The Balaban J connectivity index is 0. The van der Waals surface area contributed by atoms with Crippen molar-refractivity contribution in [1.29, 1.82) is 0 Å². The molecule has 0 amide bonds. The van der Waals surface area contributed by atoms with Crippen molar-refractivity contribution in [3.63, 3.8) is 0 Å². The molecule has 2 heterocycles. The first kappa shape index (κ1) is 34.4. The Morgan fingerprint density at radius 2 is 1.37 bits per heavy atom. The first-order valence-electron chi connectivity index (χ1n) is 10.9. The average Bonchev–Trinajstić information content (AvgIpc) is 3.34. The van der Waals surface area contributed by atoms with Gasteiger partial charge in [0.15, 0.2) is 0 Å².